The van der Waals surface area contributed by atoms with E-state index in [1.807, 2.05) is 0 Å². The number of hydrogen-bond acceptors (Lipinski definition) is 6. The fraction of sp³-hybridized carbons (Fsp3) is 0. The molecule has 7 nitrogen and oxygen atoms in total. The zero-order valence-electron chi connectivity index (χ0n) is 80.9. The lowest BCUT2D eigenvalue weighted by Gasteiger charge is -2.40. The molecule has 0 spiro atoms. The number of aromatic nitrogens is 1. The third-order valence-corrected chi connectivity index (χ3v) is 27.8. The average molecular weight is 1880 g/mol. The highest BCUT2D eigenvalue weighted by molar-refractivity contribution is 6.11. The van der Waals surface area contributed by atoms with E-state index in [0.29, 0.717) is 0 Å². The van der Waals surface area contributed by atoms with Crippen molar-refractivity contribution < 1.29 is 0 Å². The van der Waals surface area contributed by atoms with E-state index in [0.717, 1.165) is 102 Å². The second kappa shape index (κ2) is 41.3. The van der Waals surface area contributed by atoms with Crippen LogP contribution in [0, 0.1) is 0 Å². The Morgan fingerprint density at radius 3 is 0.673 bits per heavy atom. The summed E-state index contributed by atoms with van der Waals surface area (Å²) in [5, 5.41) is 7.42. The molecule has 0 amide bonds. The molecular weight excluding hydrogens is 1780 g/mol. The van der Waals surface area contributed by atoms with Gasteiger partial charge in [-0.05, 0) is 290 Å². The van der Waals surface area contributed by atoms with Crippen molar-refractivity contribution in [3.05, 3.63) is 613 Å². The summed E-state index contributed by atoms with van der Waals surface area (Å²) in [4.78, 5) is 14.1. The largest absolute Gasteiger partial charge is 0.311 e. The number of fused-ring (bicyclic) bond motifs is 7. The van der Waals surface area contributed by atoms with Crippen LogP contribution in [0.15, 0.2) is 613 Å². The van der Waals surface area contributed by atoms with Gasteiger partial charge in [0.05, 0.1) is 45.2 Å². The maximum Gasteiger partial charge on any atom is 0.0703 e. The Morgan fingerprint density at radius 2 is 0.340 bits per heavy atom. The number of anilines is 18. The quantitative estimate of drug-likeness (QED) is 0.0711. The van der Waals surface area contributed by atoms with Crippen molar-refractivity contribution in [1.82, 2.24) is 4.57 Å². The molecule has 7 heteroatoms. The summed E-state index contributed by atoms with van der Waals surface area (Å²) in [5.41, 5.74) is 38.2. The van der Waals surface area contributed by atoms with Crippen molar-refractivity contribution in [3.8, 4) is 72.4 Å². The molecule has 26 rings (SSSR count). The molecule has 24 aromatic carbocycles. The normalized spacial score (nSPS) is 11.4. The zero-order valence-corrected chi connectivity index (χ0v) is 80.9. The van der Waals surface area contributed by atoms with E-state index in [2.05, 4.69) is 647 Å². The van der Waals surface area contributed by atoms with Gasteiger partial charge in [0.25, 0.3) is 0 Å². The van der Waals surface area contributed by atoms with E-state index in [9.17, 15) is 0 Å². The van der Waals surface area contributed by atoms with Crippen molar-refractivity contribution in [3.63, 3.8) is 0 Å². The summed E-state index contributed by atoms with van der Waals surface area (Å²) in [6, 6.07) is 219. The van der Waals surface area contributed by atoms with Crippen LogP contribution < -0.4 is 29.4 Å². The highest BCUT2D eigenvalue weighted by atomic mass is 15.3. The summed E-state index contributed by atoms with van der Waals surface area (Å²) in [6.45, 7) is 0. The Bertz CT molecular complexity index is 8430. The van der Waals surface area contributed by atoms with Gasteiger partial charge in [0.2, 0.25) is 0 Å². The molecule has 25 aromatic rings. The third-order valence-electron chi connectivity index (χ3n) is 27.8. The van der Waals surface area contributed by atoms with E-state index < -0.39 is 0 Å². The lowest BCUT2D eigenvalue weighted by atomic mass is 10.0. The molecule has 147 heavy (non-hydrogen) atoms. The molecule has 1 aromatic heterocycles. The molecule has 0 atom stereocenters. The van der Waals surface area contributed by atoms with Crippen LogP contribution in [-0.2, 0) is 0 Å². The minimum absolute atomic E-state index is 1.09. The second-order valence-electron chi connectivity index (χ2n) is 36.7. The first-order valence-electron chi connectivity index (χ1n) is 50.2. The summed E-state index contributed by atoms with van der Waals surface area (Å²) >= 11 is 0. The molecule has 0 saturated heterocycles. The van der Waals surface area contributed by atoms with Crippen LogP contribution in [-0.4, -0.2) is 4.57 Å². The molecule has 696 valence electrons. The van der Waals surface area contributed by atoms with Crippen molar-refractivity contribution in [2.24, 2.45) is 0 Å². The number of para-hydroxylation sites is 9. The Hall–Kier alpha value is -19.6. The van der Waals surface area contributed by atoms with Crippen LogP contribution in [0.4, 0.5) is 102 Å². The van der Waals surface area contributed by atoms with Crippen LogP contribution in [0.5, 0.6) is 0 Å². The molecule has 0 unspecified atom stereocenters. The fourth-order valence-electron chi connectivity index (χ4n) is 20.7. The Kier molecular flexibility index (Phi) is 25.3. The van der Waals surface area contributed by atoms with Gasteiger partial charge in [0.15, 0.2) is 0 Å². The maximum absolute atomic E-state index is 2.38. The van der Waals surface area contributed by atoms with Gasteiger partial charge in [-0.15, -0.1) is 0 Å². The van der Waals surface area contributed by atoms with Crippen LogP contribution in [0.1, 0.15) is 0 Å². The third kappa shape index (κ3) is 18.6. The molecule has 0 aliphatic carbocycles. The van der Waals surface area contributed by atoms with E-state index in [4.69, 9.17) is 0 Å². The van der Waals surface area contributed by atoms with Crippen LogP contribution in [0.2, 0.25) is 0 Å². The molecule has 0 saturated carbocycles. The Balaban J connectivity index is 0.000000118. The van der Waals surface area contributed by atoms with E-state index in [1.54, 1.807) is 0 Å². The first-order valence-corrected chi connectivity index (χ1v) is 50.2. The number of rotatable bonds is 21. The Morgan fingerprint density at radius 1 is 0.122 bits per heavy atom. The molecule has 2 heterocycles. The maximum atomic E-state index is 2.38. The van der Waals surface area contributed by atoms with E-state index in [1.165, 1.54) is 116 Å². The standard InChI is InChI=1S/C48H35N3.C48H34N2.C44H32N2/c1-4-14-36(15-5-1)38-24-28-41(29-25-38)49(42-30-26-39(27-31-42)37-16-6-2-7-17-37)43-32-34-44(35-33-43)51-47-22-12-10-20-45(47)50(40-18-8-3-9-19-40)46-21-11-13-23-48(46)51;1-4-12-35(13-5-1)37-20-27-42(28-21-37)49(43-29-22-38(23-30-43)36-14-6-2-7-15-36)44-31-24-39(25-32-44)40-26-33-48-46(34-40)45-18-10-11-19-47(45)50(48)41-16-8-3-9-17-41;1-3-17-37(18-4-1)45(43-23-11-15-35-13-7-9-21-41(35)43)39-29-25-33(26-30-39)34-27-31-40(32-28-34)46(38-19-5-2-6-20-38)44-24-12-16-36-14-8-10-22-42(36)44/h1-35H;1-34H;1-32H. The van der Waals surface area contributed by atoms with Crippen LogP contribution in [0.25, 0.3) is 116 Å². The zero-order chi connectivity index (χ0) is 98.0. The summed E-state index contributed by atoms with van der Waals surface area (Å²) < 4.78 is 2.36. The molecular formula is C140H101N7. The number of nitrogens with zero attached hydrogens (tertiary/aromatic N) is 7. The summed E-state index contributed by atoms with van der Waals surface area (Å²) in [5.74, 6) is 0. The first kappa shape index (κ1) is 90.0. The Labute approximate surface area is 858 Å². The number of hydrogen-bond donors (Lipinski definition) is 0. The first-order chi connectivity index (χ1) is 72.9. The van der Waals surface area contributed by atoms with E-state index >= 15 is 0 Å². The van der Waals surface area contributed by atoms with Gasteiger partial charge in [-0.3, -0.25) is 0 Å². The predicted octanol–water partition coefficient (Wildman–Crippen LogP) is 39.6. The molecule has 1 aliphatic heterocycles. The molecule has 0 N–H and O–H groups in total. The minimum Gasteiger partial charge on any atom is -0.311 e. The smallest absolute Gasteiger partial charge is 0.0703 e. The van der Waals surface area contributed by atoms with Gasteiger partial charge < -0.3 is 34.0 Å². The van der Waals surface area contributed by atoms with E-state index in [-0.39, 0.29) is 0 Å². The lowest BCUT2D eigenvalue weighted by molar-refractivity contribution is 1.17. The van der Waals surface area contributed by atoms with Gasteiger partial charge in [0, 0.05) is 95.5 Å². The molecule has 0 radical (unpaired) electrons. The average Bonchev–Trinajstić information content (AvgIpc) is 1.72. The van der Waals surface area contributed by atoms with Gasteiger partial charge in [-0.1, -0.05) is 400 Å². The molecule has 0 bridgehead atoms. The van der Waals surface area contributed by atoms with Crippen molar-refractivity contribution in [1.29, 1.82) is 0 Å². The molecule has 1 aliphatic rings. The monoisotopic (exact) mass is 1880 g/mol. The van der Waals surface area contributed by atoms with Crippen LogP contribution in [0.3, 0.4) is 0 Å². The summed E-state index contributed by atoms with van der Waals surface area (Å²) in [7, 11) is 0. The summed E-state index contributed by atoms with van der Waals surface area (Å²) in [6.07, 6.45) is 0. The van der Waals surface area contributed by atoms with Gasteiger partial charge in [0.1, 0.15) is 0 Å². The molecule has 0 fully saturated rings. The number of benzene rings is 24. The minimum atomic E-state index is 1.09. The van der Waals surface area contributed by atoms with Gasteiger partial charge in [-0.25, -0.2) is 0 Å². The van der Waals surface area contributed by atoms with Gasteiger partial charge >= 0.3 is 0 Å². The highest BCUT2D eigenvalue weighted by Crippen LogP contribution is 2.55. The van der Waals surface area contributed by atoms with Crippen LogP contribution >= 0.6 is 0 Å². The SMILES string of the molecule is c1ccc(-c2ccc(N(c3ccc(-c4ccccc4)cc3)c3ccc(-c4ccc5c(c4)c4ccccc4n5-c4ccccc4)cc3)cc2)cc1.c1ccc(-c2ccc(N(c3ccc(-c4ccccc4)cc3)c3ccc(N4c5ccccc5N(c5ccccc5)c5ccccc54)cc3)cc2)cc1.c1ccc(N(c2ccc(-c3ccc(N(c4ccccc4)c4cccc5ccccc45)cc3)cc2)c2cccc3ccccc23)cc1. The van der Waals surface area contributed by atoms with Crippen molar-refractivity contribution >= 4 is 146 Å². The lowest BCUT2D eigenvalue weighted by Crippen LogP contribution is -2.23. The topological polar surface area (TPSA) is 24.4 Å². The predicted molar refractivity (Wildman–Crippen MR) is 623 cm³/mol. The fourth-order valence-corrected chi connectivity index (χ4v) is 20.7. The highest BCUT2D eigenvalue weighted by Gasteiger charge is 2.31. The van der Waals surface area contributed by atoms with Gasteiger partial charge in [-0.2, -0.15) is 0 Å². The van der Waals surface area contributed by atoms with Crippen molar-refractivity contribution in [2.45, 2.75) is 0 Å². The second-order valence-corrected chi connectivity index (χ2v) is 36.7. The van der Waals surface area contributed by atoms with Crippen molar-refractivity contribution in [2.75, 3.05) is 29.4 Å².